The molecule has 31 heavy (non-hydrogen) atoms. The van der Waals surface area contributed by atoms with Crippen LogP contribution in [0.25, 0.3) is 5.57 Å². The van der Waals surface area contributed by atoms with Crippen molar-refractivity contribution in [2.45, 2.75) is 25.5 Å². The Morgan fingerprint density at radius 1 is 1.26 bits per heavy atom. The predicted molar refractivity (Wildman–Crippen MR) is 113 cm³/mol. The molecule has 1 fully saturated rings. The molecule has 2 unspecified atom stereocenters. The summed E-state index contributed by atoms with van der Waals surface area (Å²) in [7, 11) is 0. The molecular weight excluding hydrogens is 479 g/mol. The summed E-state index contributed by atoms with van der Waals surface area (Å²) < 4.78 is 43.7. The van der Waals surface area contributed by atoms with Crippen LogP contribution in [0.1, 0.15) is 22.8 Å². The quantitative estimate of drug-likeness (QED) is 0.508. The van der Waals surface area contributed by atoms with Crippen LogP contribution >= 0.6 is 15.9 Å². The Balaban J connectivity index is 1.75. The van der Waals surface area contributed by atoms with Crippen molar-refractivity contribution < 1.29 is 27.5 Å². The summed E-state index contributed by atoms with van der Waals surface area (Å²) in [5.41, 5.74) is 6.96. The number of hydrogen-bond donors (Lipinski definition) is 1. The van der Waals surface area contributed by atoms with Crippen LogP contribution in [0.4, 0.5) is 13.2 Å². The van der Waals surface area contributed by atoms with Crippen LogP contribution in [0.15, 0.2) is 53.1 Å². The number of nitrogens with two attached hydrogens (primary N) is 1. The minimum Gasteiger partial charge on any atom is -0.374 e. The number of hydrogen-bond acceptors (Lipinski definition) is 4. The van der Waals surface area contributed by atoms with Gasteiger partial charge in [0.1, 0.15) is 10.6 Å². The molecule has 3 rings (SSSR count). The molecule has 166 valence electrons. The second-order valence-electron chi connectivity index (χ2n) is 7.09. The van der Waals surface area contributed by atoms with Gasteiger partial charge in [0, 0.05) is 18.3 Å². The van der Waals surface area contributed by atoms with E-state index >= 15 is 0 Å². The van der Waals surface area contributed by atoms with Gasteiger partial charge in [0.25, 0.3) is 18.2 Å². The molecule has 0 radical (unpaired) electrons. The maximum absolute atomic E-state index is 13.2. The Morgan fingerprint density at radius 2 is 1.94 bits per heavy atom. The van der Waals surface area contributed by atoms with Gasteiger partial charge in [0.05, 0.1) is 19.2 Å². The van der Waals surface area contributed by atoms with Gasteiger partial charge < -0.3 is 20.3 Å². The third kappa shape index (κ3) is 5.01. The SMILES string of the molecule is CC1C(c2ccc(C(=O)N3CCOC(C(F)F)C3)cc2)=CC=CN1C(=O)/C(Br)=C(\N)F. The lowest BCUT2D eigenvalue weighted by molar-refractivity contribution is -0.124. The molecule has 2 heterocycles. The van der Waals surface area contributed by atoms with E-state index in [9.17, 15) is 22.8 Å². The van der Waals surface area contributed by atoms with Crippen molar-refractivity contribution in [3.63, 3.8) is 0 Å². The van der Waals surface area contributed by atoms with E-state index in [1.165, 1.54) is 16.0 Å². The van der Waals surface area contributed by atoms with Crippen molar-refractivity contribution in [3.05, 3.63) is 64.2 Å². The van der Waals surface area contributed by atoms with Crippen molar-refractivity contribution in [2.24, 2.45) is 5.73 Å². The summed E-state index contributed by atoms with van der Waals surface area (Å²) in [6.07, 6.45) is 1.05. The molecule has 0 aromatic heterocycles. The average molecular weight is 500 g/mol. The third-order valence-electron chi connectivity index (χ3n) is 5.15. The Hall–Kier alpha value is -2.59. The molecule has 2 amide bonds. The monoisotopic (exact) mass is 499 g/mol. The number of ether oxygens (including phenoxy) is 1. The Labute approximate surface area is 185 Å². The highest BCUT2D eigenvalue weighted by Gasteiger charge is 2.31. The molecule has 1 aromatic rings. The summed E-state index contributed by atoms with van der Waals surface area (Å²) in [5, 5.41) is 0. The number of halogens is 4. The van der Waals surface area contributed by atoms with Gasteiger partial charge >= 0.3 is 0 Å². The maximum Gasteiger partial charge on any atom is 0.270 e. The van der Waals surface area contributed by atoms with Crippen LogP contribution in [-0.4, -0.2) is 59.9 Å². The van der Waals surface area contributed by atoms with Crippen LogP contribution in [0.3, 0.4) is 0 Å². The summed E-state index contributed by atoms with van der Waals surface area (Å²) in [6.45, 7) is 1.92. The summed E-state index contributed by atoms with van der Waals surface area (Å²) in [5.74, 6) is -2.08. The number of alkyl halides is 2. The van der Waals surface area contributed by atoms with Crippen molar-refractivity contribution in [1.29, 1.82) is 0 Å². The van der Waals surface area contributed by atoms with E-state index in [2.05, 4.69) is 15.9 Å². The number of allylic oxidation sites excluding steroid dienone is 2. The van der Waals surface area contributed by atoms with Gasteiger partial charge in [-0.2, -0.15) is 4.39 Å². The summed E-state index contributed by atoms with van der Waals surface area (Å²) in [6, 6.07) is 6.24. The van der Waals surface area contributed by atoms with E-state index in [-0.39, 0.29) is 30.1 Å². The molecule has 2 aliphatic heterocycles. The molecular formula is C21H21BrF3N3O3. The van der Waals surface area contributed by atoms with E-state index in [1.54, 1.807) is 37.3 Å². The lowest BCUT2D eigenvalue weighted by atomic mass is 9.95. The van der Waals surface area contributed by atoms with Crippen LogP contribution in [-0.2, 0) is 9.53 Å². The zero-order valence-electron chi connectivity index (χ0n) is 16.6. The molecule has 0 saturated carbocycles. The highest BCUT2D eigenvalue weighted by atomic mass is 79.9. The lowest BCUT2D eigenvalue weighted by Gasteiger charge is -2.32. The predicted octanol–water partition coefficient (Wildman–Crippen LogP) is 3.41. The van der Waals surface area contributed by atoms with E-state index in [0.29, 0.717) is 5.56 Å². The first-order chi connectivity index (χ1) is 14.7. The van der Waals surface area contributed by atoms with Gasteiger partial charge in [-0.15, -0.1) is 0 Å². The average Bonchev–Trinajstić information content (AvgIpc) is 2.78. The van der Waals surface area contributed by atoms with E-state index in [1.807, 2.05) is 6.08 Å². The maximum atomic E-state index is 13.2. The first-order valence-electron chi connectivity index (χ1n) is 9.52. The minimum absolute atomic E-state index is 0.0623. The lowest BCUT2D eigenvalue weighted by Crippen LogP contribution is -2.48. The Morgan fingerprint density at radius 3 is 2.55 bits per heavy atom. The molecule has 10 heteroatoms. The van der Waals surface area contributed by atoms with Crippen LogP contribution < -0.4 is 5.73 Å². The number of carbonyl (C=O) groups excluding carboxylic acids is 2. The molecule has 2 N–H and O–H groups in total. The fourth-order valence-corrected chi connectivity index (χ4v) is 3.66. The zero-order valence-corrected chi connectivity index (χ0v) is 18.2. The first-order valence-corrected chi connectivity index (χ1v) is 10.3. The van der Waals surface area contributed by atoms with Gasteiger partial charge in [-0.3, -0.25) is 9.59 Å². The van der Waals surface area contributed by atoms with Crippen molar-refractivity contribution in [1.82, 2.24) is 9.80 Å². The highest BCUT2D eigenvalue weighted by molar-refractivity contribution is 9.12. The molecule has 6 nitrogen and oxygen atoms in total. The topological polar surface area (TPSA) is 75.9 Å². The summed E-state index contributed by atoms with van der Waals surface area (Å²) in [4.78, 5) is 27.8. The van der Waals surface area contributed by atoms with Gasteiger partial charge in [-0.05, 0) is 52.2 Å². The number of amides is 2. The van der Waals surface area contributed by atoms with E-state index in [0.717, 1.165) is 11.1 Å². The second-order valence-corrected chi connectivity index (χ2v) is 7.88. The molecule has 1 saturated heterocycles. The highest BCUT2D eigenvalue weighted by Crippen LogP contribution is 2.29. The standard InChI is InChI=1S/C21H21BrF3N3O3/c1-12-15(3-2-8-28(12)21(30)17(22)19(25)26)13-4-6-14(7-5-13)20(29)27-9-10-31-16(11-27)18(23)24/h2-8,12,16,18H,9-11,26H2,1H3/b19-17+. The number of nitrogens with zero attached hydrogens (tertiary/aromatic N) is 2. The molecule has 2 atom stereocenters. The molecule has 0 aliphatic carbocycles. The van der Waals surface area contributed by atoms with Gasteiger partial charge in [-0.25, -0.2) is 8.78 Å². The normalized spacial score (nSPS) is 22.3. The second kappa shape index (κ2) is 9.69. The third-order valence-corrected chi connectivity index (χ3v) is 5.87. The van der Waals surface area contributed by atoms with Gasteiger partial charge in [0.15, 0.2) is 0 Å². The number of carbonyl (C=O) groups is 2. The van der Waals surface area contributed by atoms with Gasteiger partial charge in [0.2, 0.25) is 5.95 Å². The Bertz CT molecular complexity index is 943. The largest absolute Gasteiger partial charge is 0.374 e. The number of morpholine rings is 1. The fraction of sp³-hybridized carbons (Fsp3) is 0.333. The smallest absolute Gasteiger partial charge is 0.270 e. The molecule has 0 spiro atoms. The fourth-order valence-electron chi connectivity index (χ4n) is 3.45. The van der Waals surface area contributed by atoms with Gasteiger partial charge in [-0.1, -0.05) is 18.2 Å². The molecule has 2 aliphatic rings. The first kappa shape index (κ1) is 23.1. The van der Waals surface area contributed by atoms with Crippen LogP contribution in [0.2, 0.25) is 0 Å². The van der Waals surface area contributed by atoms with Crippen molar-refractivity contribution >= 4 is 33.3 Å². The van der Waals surface area contributed by atoms with E-state index in [4.69, 9.17) is 10.5 Å². The number of rotatable bonds is 4. The Kier molecular flexibility index (Phi) is 7.22. The minimum atomic E-state index is -2.65. The van der Waals surface area contributed by atoms with Crippen molar-refractivity contribution in [2.75, 3.05) is 19.7 Å². The zero-order chi connectivity index (χ0) is 22.7. The van der Waals surface area contributed by atoms with Crippen molar-refractivity contribution in [3.8, 4) is 0 Å². The summed E-state index contributed by atoms with van der Waals surface area (Å²) >= 11 is 2.86. The number of benzene rings is 1. The van der Waals surface area contributed by atoms with E-state index < -0.39 is 30.4 Å². The van der Waals surface area contributed by atoms with Crippen LogP contribution in [0, 0.1) is 0 Å². The molecule has 0 bridgehead atoms. The molecule has 1 aromatic carbocycles. The van der Waals surface area contributed by atoms with Crippen LogP contribution in [0.5, 0.6) is 0 Å².